The van der Waals surface area contributed by atoms with Gasteiger partial charge in [-0.05, 0) is 29.9 Å². The zero-order valence-corrected chi connectivity index (χ0v) is 9.61. The van der Waals surface area contributed by atoms with Crippen molar-refractivity contribution in [2.24, 2.45) is 5.73 Å². The maximum atomic E-state index is 9.66. The summed E-state index contributed by atoms with van der Waals surface area (Å²) >= 11 is 0. The normalized spacial score (nSPS) is 13.1. The van der Waals surface area contributed by atoms with Crippen LogP contribution in [0.5, 0.6) is 0 Å². The highest BCUT2D eigenvalue weighted by atomic mass is 16.3. The molecule has 0 radical (unpaired) electrons. The Morgan fingerprint density at radius 3 is 2.33 bits per heavy atom. The van der Waals surface area contributed by atoms with Gasteiger partial charge in [0.05, 0.1) is 6.10 Å². The van der Waals surface area contributed by atoms with E-state index < -0.39 is 6.10 Å². The molecule has 2 heteroatoms. The predicted molar refractivity (Wildman–Crippen MR) is 63.8 cm³/mol. The summed E-state index contributed by atoms with van der Waals surface area (Å²) in [6, 6.07) is 8.14. The van der Waals surface area contributed by atoms with E-state index in [9.17, 15) is 5.11 Å². The minimum atomic E-state index is -0.528. The van der Waals surface area contributed by atoms with Gasteiger partial charge in [0, 0.05) is 6.54 Å². The van der Waals surface area contributed by atoms with E-state index in [1.165, 1.54) is 5.56 Å². The lowest BCUT2D eigenvalue weighted by atomic mass is 9.92. The quantitative estimate of drug-likeness (QED) is 0.779. The van der Waals surface area contributed by atoms with Crippen molar-refractivity contribution in [1.82, 2.24) is 0 Å². The van der Waals surface area contributed by atoms with Crippen molar-refractivity contribution in [3.05, 3.63) is 35.4 Å². The lowest BCUT2D eigenvalue weighted by molar-refractivity contribution is 0.186. The standard InChI is InChI=1S/C13H21NO/c1-3-10(4-2)11-6-5-7-12(8-11)13(15)9-14/h5-8,10,13,15H,3-4,9,14H2,1-2H3. The van der Waals surface area contributed by atoms with Gasteiger partial charge in [-0.1, -0.05) is 38.1 Å². The average Bonchev–Trinajstić information content (AvgIpc) is 2.30. The van der Waals surface area contributed by atoms with Crippen molar-refractivity contribution in [1.29, 1.82) is 0 Å². The van der Waals surface area contributed by atoms with Crippen LogP contribution in [-0.2, 0) is 0 Å². The van der Waals surface area contributed by atoms with Crippen molar-refractivity contribution >= 4 is 0 Å². The Balaban J connectivity index is 2.91. The number of nitrogens with two attached hydrogens (primary N) is 1. The first-order valence-corrected chi connectivity index (χ1v) is 5.70. The molecule has 1 atom stereocenters. The summed E-state index contributed by atoms with van der Waals surface area (Å²) in [5, 5.41) is 9.66. The maximum Gasteiger partial charge on any atom is 0.0912 e. The van der Waals surface area contributed by atoms with Crippen LogP contribution in [0.3, 0.4) is 0 Å². The fourth-order valence-corrected chi connectivity index (χ4v) is 1.92. The van der Waals surface area contributed by atoms with Crippen LogP contribution in [0.15, 0.2) is 24.3 Å². The zero-order chi connectivity index (χ0) is 11.3. The van der Waals surface area contributed by atoms with E-state index in [0.717, 1.165) is 18.4 Å². The largest absolute Gasteiger partial charge is 0.387 e. The molecule has 0 fully saturated rings. The Morgan fingerprint density at radius 2 is 1.80 bits per heavy atom. The van der Waals surface area contributed by atoms with Crippen LogP contribution in [0.1, 0.15) is 49.8 Å². The molecule has 1 rings (SSSR count). The van der Waals surface area contributed by atoms with E-state index in [-0.39, 0.29) is 6.54 Å². The molecule has 0 aromatic heterocycles. The van der Waals surface area contributed by atoms with E-state index in [2.05, 4.69) is 26.0 Å². The molecule has 2 nitrogen and oxygen atoms in total. The smallest absolute Gasteiger partial charge is 0.0912 e. The van der Waals surface area contributed by atoms with Crippen molar-refractivity contribution in [2.75, 3.05) is 6.54 Å². The molecule has 0 saturated carbocycles. The van der Waals surface area contributed by atoms with E-state index in [1.807, 2.05) is 12.1 Å². The third-order valence-corrected chi connectivity index (χ3v) is 2.98. The fraction of sp³-hybridized carbons (Fsp3) is 0.538. The molecule has 0 aliphatic heterocycles. The summed E-state index contributed by atoms with van der Waals surface area (Å²) in [5.74, 6) is 0.593. The van der Waals surface area contributed by atoms with Gasteiger partial charge in [-0.2, -0.15) is 0 Å². The molecule has 1 aromatic rings. The molecular weight excluding hydrogens is 186 g/mol. The molecule has 1 unspecified atom stereocenters. The van der Waals surface area contributed by atoms with Crippen LogP contribution < -0.4 is 5.73 Å². The van der Waals surface area contributed by atoms with Crippen LogP contribution in [-0.4, -0.2) is 11.7 Å². The monoisotopic (exact) mass is 207 g/mol. The van der Waals surface area contributed by atoms with Gasteiger partial charge in [-0.25, -0.2) is 0 Å². The van der Waals surface area contributed by atoms with Gasteiger partial charge in [0.25, 0.3) is 0 Å². The topological polar surface area (TPSA) is 46.2 Å². The number of hydrogen-bond acceptors (Lipinski definition) is 2. The fourth-order valence-electron chi connectivity index (χ4n) is 1.92. The van der Waals surface area contributed by atoms with Gasteiger partial charge in [0.15, 0.2) is 0 Å². The van der Waals surface area contributed by atoms with Crippen LogP contribution >= 0.6 is 0 Å². The molecule has 3 N–H and O–H groups in total. The highest BCUT2D eigenvalue weighted by Gasteiger charge is 2.10. The SMILES string of the molecule is CCC(CC)c1cccc(C(O)CN)c1. The summed E-state index contributed by atoms with van der Waals surface area (Å²) < 4.78 is 0. The highest BCUT2D eigenvalue weighted by Crippen LogP contribution is 2.25. The summed E-state index contributed by atoms with van der Waals surface area (Å²) in [7, 11) is 0. The second-order valence-electron chi connectivity index (χ2n) is 3.94. The van der Waals surface area contributed by atoms with Crippen molar-refractivity contribution in [2.45, 2.75) is 38.7 Å². The number of aliphatic hydroxyl groups excluding tert-OH is 1. The Kier molecular flexibility index (Phi) is 4.79. The van der Waals surface area contributed by atoms with Gasteiger partial charge < -0.3 is 10.8 Å². The molecule has 1 aromatic carbocycles. The van der Waals surface area contributed by atoms with E-state index in [4.69, 9.17) is 5.73 Å². The van der Waals surface area contributed by atoms with Crippen molar-refractivity contribution in [3.8, 4) is 0 Å². The Bertz CT molecular complexity index is 294. The third-order valence-electron chi connectivity index (χ3n) is 2.98. The summed E-state index contributed by atoms with van der Waals surface area (Å²) in [5.41, 5.74) is 7.69. The van der Waals surface area contributed by atoms with Crippen LogP contribution in [0, 0.1) is 0 Å². The molecule has 0 aliphatic carbocycles. The molecule has 0 saturated heterocycles. The Hall–Kier alpha value is -0.860. The second-order valence-corrected chi connectivity index (χ2v) is 3.94. The number of rotatable bonds is 5. The Morgan fingerprint density at radius 1 is 1.20 bits per heavy atom. The van der Waals surface area contributed by atoms with E-state index in [1.54, 1.807) is 0 Å². The lowest BCUT2D eigenvalue weighted by Crippen LogP contribution is -2.11. The minimum absolute atomic E-state index is 0.284. The maximum absolute atomic E-state index is 9.66. The molecular formula is C13H21NO. The summed E-state index contributed by atoms with van der Waals surface area (Å²) in [6.45, 7) is 4.67. The van der Waals surface area contributed by atoms with Crippen LogP contribution in [0.2, 0.25) is 0 Å². The highest BCUT2D eigenvalue weighted by molar-refractivity contribution is 5.28. The van der Waals surface area contributed by atoms with Crippen molar-refractivity contribution in [3.63, 3.8) is 0 Å². The van der Waals surface area contributed by atoms with Crippen LogP contribution in [0.4, 0.5) is 0 Å². The first-order chi connectivity index (χ1) is 7.22. The summed E-state index contributed by atoms with van der Waals surface area (Å²) in [4.78, 5) is 0. The molecule has 0 spiro atoms. The molecule has 15 heavy (non-hydrogen) atoms. The molecule has 0 aliphatic rings. The molecule has 0 heterocycles. The molecule has 0 amide bonds. The predicted octanol–water partition coefficient (Wildman–Crippen LogP) is 2.58. The van der Waals surface area contributed by atoms with Gasteiger partial charge in [-0.3, -0.25) is 0 Å². The first kappa shape index (κ1) is 12.2. The van der Waals surface area contributed by atoms with Gasteiger partial charge >= 0.3 is 0 Å². The lowest BCUT2D eigenvalue weighted by Gasteiger charge is -2.15. The van der Waals surface area contributed by atoms with Crippen LogP contribution in [0.25, 0.3) is 0 Å². The number of benzene rings is 1. The summed E-state index contributed by atoms with van der Waals surface area (Å²) in [6.07, 6.45) is 1.75. The number of hydrogen-bond donors (Lipinski definition) is 2. The third kappa shape index (κ3) is 3.05. The minimum Gasteiger partial charge on any atom is -0.387 e. The van der Waals surface area contributed by atoms with Gasteiger partial charge in [0.1, 0.15) is 0 Å². The Labute approximate surface area is 92.1 Å². The molecule has 84 valence electrons. The van der Waals surface area contributed by atoms with Gasteiger partial charge in [-0.15, -0.1) is 0 Å². The van der Waals surface area contributed by atoms with Gasteiger partial charge in [0.2, 0.25) is 0 Å². The number of aliphatic hydroxyl groups is 1. The van der Waals surface area contributed by atoms with Crippen molar-refractivity contribution < 1.29 is 5.11 Å². The zero-order valence-electron chi connectivity index (χ0n) is 9.61. The molecule has 0 bridgehead atoms. The second kappa shape index (κ2) is 5.89. The van der Waals surface area contributed by atoms with E-state index >= 15 is 0 Å². The van der Waals surface area contributed by atoms with E-state index in [0.29, 0.717) is 5.92 Å². The average molecular weight is 207 g/mol. The first-order valence-electron chi connectivity index (χ1n) is 5.70.